The van der Waals surface area contributed by atoms with E-state index in [1.807, 2.05) is 36.1 Å². The number of fused-ring (bicyclic) bond motifs is 1. The summed E-state index contributed by atoms with van der Waals surface area (Å²) >= 11 is 0. The number of aryl methyl sites for hydroxylation is 2. The lowest BCUT2D eigenvalue weighted by atomic mass is 9.90. The van der Waals surface area contributed by atoms with Crippen LogP contribution in [0.5, 0.6) is 0 Å². The fraction of sp³-hybridized carbons (Fsp3) is 0.444. The summed E-state index contributed by atoms with van der Waals surface area (Å²) < 4.78 is 0. The Kier molecular flexibility index (Phi) is 5.92. The minimum absolute atomic E-state index is 0.114. The molecule has 1 aliphatic heterocycles. The Hall–Kier alpha value is -3.15. The summed E-state index contributed by atoms with van der Waals surface area (Å²) in [6, 6.07) is 12.2. The smallest absolute Gasteiger partial charge is 0.227 e. The van der Waals surface area contributed by atoms with Gasteiger partial charge in [0.25, 0.3) is 0 Å². The minimum Gasteiger partial charge on any atom is -0.358 e. The van der Waals surface area contributed by atoms with Gasteiger partial charge in [-0.05, 0) is 73.8 Å². The summed E-state index contributed by atoms with van der Waals surface area (Å²) in [6.07, 6.45) is 8.76. The van der Waals surface area contributed by atoms with E-state index in [9.17, 15) is 9.59 Å². The number of benzene rings is 1. The first kappa shape index (κ1) is 21.7. The third-order valence-corrected chi connectivity index (χ3v) is 7.66. The van der Waals surface area contributed by atoms with Crippen LogP contribution < -0.4 is 5.32 Å². The van der Waals surface area contributed by atoms with Crippen LogP contribution in [0, 0.1) is 18.3 Å². The van der Waals surface area contributed by atoms with Gasteiger partial charge < -0.3 is 15.2 Å². The summed E-state index contributed by atoms with van der Waals surface area (Å²) in [5.41, 5.74) is 4.63. The number of carbonyl (C=O) groups is 2. The van der Waals surface area contributed by atoms with Crippen LogP contribution in [-0.4, -0.2) is 46.3 Å². The topological polar surface area (TPSA) is 78.1 Å². The zero-order chi connectivity index (χ0) is 22.8. The highest BCUT2D eigenvalue weighted by Gasteiger charge is 2.58. The quantitative estimate of drug-likeness (QED) is 0.544. The molecule has 1 aliphatic carbocycles. The lowest BCUT2D eigenvalue weighted by Gasteiger charge is -2.33. The molecule has 0 radical (unpaired) electrons. The molecule has 6 heteroatoms. The lowest BCUT2D eigenvalue weighted by molar-refractivity contribution is -0.132. The van der Waals surface area contributed by atoms with Crippen LogP contribution in [0.4, 0.5) is 0 Å². The van der Waals surface area contributed by atoms with E-state index in [-0.39, 0.29) is 23.1 Å². The SMILES string of the molecule is Cc1[nH]c2ccccc2c1CC(=O)N1CCC2(CC1)C[C@@H]2C(=O)NCCCc1ccncc1. The molecule has 6 nitrogen and oxygen atoms in total. The van der Waals surface area contributed by atoms with Crippen molar-refractivity contribution >= 4 is 22.7 Å². The molecule has 2 aliphatic rings. The Balaban J connectivity index is 1.08. The van der Waals surface area contributed by atoms with Crippen LogP contribution in [0.2, 0.25) is 0 Å². The van der Waals surface area contributed by atoms with Gasteiger partial charge in [0.15, 0.2) is 0 Å². The molecule has 1 atom stereocenters. The molecule has 3 heterocycles. The van der Waals surface area contributed by atoms with Gasteiger partial charge in [-0.15, -0.1) is 0 Å². The van der Waals surface area contributed by atoms with Crippen LogP contribution in [-0.2, 0) is 22.4 Å². The molecular weight excluding hydrogens is 412 g/mol. The zero-order valence-corrected chi connectivity index (χ0v) is 19.3. The molecule has 5 rings (SSSR count). The predicted octanol–water partition coefficient (Wildman–Crippen LogP) is 3.79. The van der Waals surface area contributed by atoms with Crippen LogP contribution in [0.1, 0.15) is 42.5 Å². The molecule has 0 bridgehead atoms. The third-order valence-electron chi connectivity index (χ3n) is 7.66. The van der Waals surface area contributed by atoms with Crippen molar-refractivity contribution in [1.82, 2.24) is 20.2 Å². The molecule has 1 aromatic carbocycles. The fourth-order valence-corrected chi connectivity index (χ4v) is 5.47. The number of aromatic amines is 1. The van der Waals surface area contributed by atoms with E-state index >= 15 is 0 Å². The van der Waals surface area contributed by atoms with Crippen molar-refractivity contribution in [2.45, 2.75) is 45.4 Å². The van der Waals surface area contributed by atoms with Crippen LogP contribution in [0.15, 0.2) is 48.8 Å². The van der Waals surface area contributed by atoms with E-state index < -0.39 is 0 Å². The molecule has 2 aromatic heterocycles. The first-order valence-corrected chi connectivity index (χ1v) is 12.1. The number of hydrogen-bond donors (Lipinski definition) is 2. The van der Waals surface area contributed by atoms with Gasteiger partial charge in [0.05, 0.1) is 6.42 Å². The first-order chi connectivity index (χ1) is 16.1. The molecule has 33 heavy (non-hydrogen) atoms. The van der Waals surface area contributed by atoms with E-state index in [0.717, 1.165) is 67.4 Å². The van der Waals surface area contributed by atoms with E-state index in [0.29, 0.717) is 13.0 Å². The second-order valence-electron chi connectivity index (χ2n) is 9.70. The Morgan fingerprint density at radius 3 is 2.70 bits per heavy atom. The number of aromatic nitrogens is 2. The largest absolute Gasteiger partial charge is 0.358 e. The molecule has 1 spiro atoms. The number of nitrogens with zero attached hydrogens (tertiary/aromatic N) is 2. The molecule has 2 amide bonds. The van der Waals surface area contributed by atoms with Crippen LogP contribution in [0.25, 0.3) is 10.9 Å². The van der Waals surface area contributed by atoms with Gasteiger partial charge in [-0.2, -0.15) is 0 Å². The van der Waals surface area contributed by atoms with Crippen molar-refractivity contribution in [2.75, 3.05) is 19.6 Å². The maximum Gasteiger partial charge on any atom is 0.227 e. The van der Waals surface area contributed by atoms with Gasteiger partial charge in [-0.25, -0.2) is 0 Å². The number of para-hydroxylation sites is 1. The monoisotopic (exact) mass is 444 g/mol. The fourth-order valence-electron chi connectivity index (χ4n) is 5.47. The van der Waals surface area contributed by atoms with E-state index in [1.165, 1.54) is 5.56 Å². The second-order valence-corrected chi connectivity index (χ2v) is 9.70. The molecule has 2 N–H and O–H groups in total. The molecule has 172 valence electrons. The highest BCUT2D eigenvalue weighted by atomic mass is 16.2. The van der Waals surface area contributed by atoms with E-state index in [4.69, 9.17) is 0 Å². The van der Waals surface area contributed by atoms with Crippen molar-refractivity contribution in [3.8, 4) is 0 Å². The van der Waals surface area contributed by atoms with E-state index in [1.54, 1.807) is 12.4 Å². The van der Waals surface area contributed by atoms with Crippen LogP contribution in [0.3, 0.4) is 0 Å². The molecule has 3 aromatic rings. The molecule has 2 fully saturated rings. The Bertz CT molecular complexity index is 1150. The average molecular weight is 445 g/mol. The summed E-state index contributed by atoms with van der Waals surface area (Å²) in [5, 5.41) is 4.27. The van der Waals surface area contributed by atoms with Crippen molar-refractivity contribution in [1.29, 1.82) is 0 Å². The van der Waals surface area contributed by atoms with Crippen molar-refractivity contribution < 1.29 is 9.59 Å². The predicted molar refractivity (Wildman–Crippen MR) is 129 cm³/mol. The number of hydrogen-bond acceptors (Lipinski definition) is 3. The summed E-state index contributed by atoms with van der Waals surface area (Å²) in [6.45, 7) is 4.26. The number of nitrogens with one attached hydrogen (secondary N) is 2. The van der Waals surface area contributed by atoms with Gasteiger partial charge in [0.1, 0.15) is 0 Å². The summed E-state index contributed by atoms with van der Waals surface area (Å²) in [5.74, 6) is 0.501. The number of piperidine rings is 1. The van der Waals surface area contributed by atoms with Gasteiger partial charge in [0, 0.05) is 54.5 Å². The molecule has 1 saturated carbocycles. The average Bonchev–Trinajstić information content (AvgIpc) is 3.45. The lowest BCUT2D eigenvalue weighted by Crippen LogP contribution is -2.41. The maximum atomic E-state index is 13.0. The Morgan fingerprint density at radius 1 is 1.15 bits per heavy atom. The molecule has 0 unspecified atom stereocenters. The number of rotatable bonds is 7. The number of pyridine rings is 1. The minimum atomic E-state index is 0.114. The highest BCUT2D eigenvalue weighted by molar-refractivity contribution is 5.90. The number of H-pyrrole nitrogens is 1. The van der Waals surface area contributed by atoms with Crippen molar-refractivity contribution in [3.63, 3.8) is 0 Å². The Labute approximate surface area is 194 Å². The van der Waals surface area contributed by atoms with Crippen molar-refractivity contribution in [3.05, 3.63) is 65.6 Å². The third kappa shape index (κ3) is 4.52. The highest BCUT2D eigenvalue weighted by Crippen LogP contribution is 2.59. The first-order valence-electron chi connectivity index (χ1n) is 12.1. The number of amides is 2. The normalized spacial score (nSPS) is 19.1. The number of likely N-dealkylation sites (tertiary alicyclic amines) is 1. The number of carbonyl (C=O) groups excluding carboxylic acids is 2. The summed E-state index contributed by atoms with van der Waals surface area (Å²) in [7, 11) is 0. The van der Waals surface area contributed by atoms with Gasteiger partial charge in [-0.1, -0.05) is 18.2 Å². The molecule has 1 saturated heterocycles. The van der Waals surface area contributed by atoms with Gasteiger partial charge in [0.2, 0.25) is 11.8 Å². The second kappa shape index (κ2) is 9.00. The zero-order valence-electron chi connectivity index (χ0n) is 19.3. The van der Waals surface area contributed by atoms with Gasteiger partial charge >= 0.3 is 0 Å². The molecular formula is C27H32N4O2. The van der Waals surface area contributed by atoms with Crippen LogP contribution >= 0.6 is 0 Å². The van der Waals surface area contributed by atoms with Gasteiger partial charge in [-0.3, -0.25) is 14.6 Å². The standard InChI is InChI=1S/C27H32N4O2/c1-19-22(21-6-2-3-7-24(21)30-19)17-25(32)31-15-10-27(11-16-31)18-23(27)26(33)29-12-4-5-20-8-13-28-14-9-20/h2-3,6-9,13-14,23,30H,4-5,10-12,15-18H2,1H3,(H,29,33)/t23-/m1/s1. The maximum absolute atomic E-state index is 13.0. The van der Waals surface area contributed by atoms with E-state index in [2.05, 4.69) is 27.4 Å². The summed E-state index contributed by atoms with van der Waals surface area (Å²) in [4.78, 5) is 35.1. The van der Waals surface area contributed by atoms with Crippen molar-refractivity contribution in [2.24, 2.45) is 11.3 Å². The Morgan fingerprint density at radius 2 is 1.91 bits per heavy atom.